The molecule has 0 spiro atoms. The molecule has 1 amide bonds. The molecule has 1 aliphatic rings. The van der Waals surface area contributed by atoms with Crippen LogP contribution < -0.4 is 4.90 Å². The Bertz CT molecular complexity index is 537. The van der Waals surface area contributed by atoms with E-state index in [2.05, 4.69) is 58.3 Å². The maximum Gasteiger partial charge on any atom is 0.410 e. The van der Waals surface area contributed by atoms with Crippen molar-refractivity contribution in [3.63, 3.8) is 0 Å². The predicted molar refractivity (Wildman–Crippen MR) is 102 cm³/mol. The average Bonchev–Trinajstić information content (AvgIpc) is 2.45. The Kier molecular flexibility index (Phi) is 5.87. The standard InChI is InChI=1S/C16H23IN2O2S/c1-16(2,3)21-15(20)19-6-4-18(5-7-19)14-9-12(11-22)8-13(17)10-14/h8-10,22H,4-7,11H2,1-3H3. The van der Waals surface area contributed by atoms with Crippen LogP contribution in [0.25, 0.3) is 0 Å². The number of carbonyl (C=O) groups is 1. The molecule has 2 rings (SSSR count). The second-order valence-corrected chi connectivity index (χ2v) is 7.99. The third-order valence-electron chi connectivity index (χ3n) is 3.42. The van der Waals surface area contributed by atoms with E-state index in [9.17, 15) is 4.79 Å². The highest BCUT2D eigenvalue weighted by Gasteiger charge is 2.26. The fourth-order valence-corrected chi connectivity index (χ4v) is 3.28. The minimum absolute atomic E-state index is 0.217. The van der Waals surface area contributed by atoms with E-state index in [0.29, 0.717) is 13.1 Å². The van der Waals surface area contributed by atoms with Crippen molar-refractivity contribution in [2.75, 3.05) is 31.1 Å². The quantitative estimate of drug-likeness (QED) is 0.568. The maximum atomic E-state index is 12.1. The zero-order valence-electron chi connectivity index (χ0n) is 13.3. The van der Waals surface area contributed by atoms with Crippen LogP contribution in [0.4, 0.5) is 10.5 Å². The summed E-state index contributed by atoms with van der Waals surface area (Å²) in [4.78, 5) is 16.2. The van der Waals surface area contributed by atoms with Crippen molar-refractivity contribution in [3.8, 4) is 0 Å². The SMILES string of the molecule is CC(C)(C)OC(=O)N1CCN(c2cc(I)cc(CS)c2)CC1. The van der Waals surface area contributed by atoms with Crippen molar-refractivity contribution in [3.05, 3.63) is 27.3 Å². The molecule has 0 unspecified atom stereocenters. The molecule has 22 heavy (non-hydrogen) atoms. The van der Waals surface area contributed by atoms with E-state index >= 15 is 0 Å². The van der Waals surface area contributed by atoms with E-state index in [1.807, 2.05) is 20.8 Å². The summed E-state index contributed by atoms with van der Waals surface area (Å²) >= 11 is 6.69. The molecule has 1 saturated heterocycles. The molecule has 4 nitrogen and oxygen atoms in total. The number of hydrogen-bond donors (Lipinski definition) is 1. The summed E-state index contributed by atoms with van der Waals surface area (Å²) < 4.78 is 6.65. The smallest absolute Gasteiger partial charge is 0.410 e. The summed E-state index contributed by atoms with van der Waals surface area (Å²) in [5.41, 5.74) is 1.99. The van der Waals surface area contributed by atoms with E-state index in [4.69, 9.17) is 4.74 Å². The van der Waals surface area contributed by atoms with Crippen LogP contribution >= 0.6 is 35.2 Å². The number of anilines is 1. The maximum absolute atomic E-state index is 12.1. The van der Waals surface area contributed by atoms with Crippen molar-refractivity contribution < 1.29 is 9.53 Å². The molecular formula is C16H23IN2O2S. The summed E-state index contributed by atoms with van der Waals surface area (Å²) in [5.74, 6) is 0.738. The minimum Gasteiger partial charge on any atom is -0.444 e. The molecule has 0 N–H and O–H groups in total. The van der Waals surface area contributed by atoms with Gasteiger partial charge in [0.15, 0.2) is 0 Å². The van der Waals surface area contributed by atoms with Gasteiger partial charge in [-0.3, -0.25) is 0 Å². The molecule has 1 aromatic rings. The fraction of sp³-hybridized carbons (Fsp3) is 0.562. The number of amides is 1. The first-order valence-corrected chi connectivity index (χ1v) is 9.13. The summed E-state index contributed by atoms with van der Waals surface area (Å²) in [6.07, 6.45) is -0.217. The number of piperazine rings is 1. The third kappa shape index (κ3) is 4.94. The van der Waals surface area contributed by atoms with Crippen molar-refractivity contribution in [2.24, 2.45) is 0 Å². The van der Waals surface area contributed by atoms with Gasteiger partial charge in [-0.05, 0) is 67.1 Å². The van der Waals surface area contributed by atoms with Gasteiger partial charge in [0, 0.05) is 41.2 Å². The van der Waals surface area contributed by atoms with Crippen molar-refractivity contribution >= 4 is 47.0 Å². The van der Waals surface area contributed by atoms with Gasteiger partial charge in [-0.1, -0.05) is 0 Å². The van der Waals surface area contributed by atoms with E-state index < -0.39 is 5.60 Å². The number of carbonyl (C=O) groups excluding carboxylic acids is 1. The summed E-state index contributed by atoms with van der Waals surface area (Å²) in [6, 6.07) is 6.50. The lowest BCUT2D eigenvalue weighted by Gasteiger charge is -2.37. The number of nitrogens with zero attached hydrogens (tertiary/aromatic N) is 2. The van der Waals surface area contributed by atoms with Gasteiger partial charge >= 0.3 is 6.09 Å². The fourth-order valence-electron chi connectivity index (χ4n) is 2.38. The largest absolute Gasteiger partial charge is 0.444 e. The first kappa shape index (κ1) is 17.7. The van der Waals surface area contributed by atoms with Gasteiger partial charge in [-0.15, -0.1) is 0 Å². The van der Waals surface area contributed by atoms with Crippen LogP contribution in [0.3, 0.4) is 0 Å². The van der Waals surface area contributed by atoms with Crippen LogP contribution in [0.2, 0.25) is 0 Å². The highest BCUT2D eigenvalue weighted by Crippen LogP contribution is 2.23. The molecule has 1 heterocycles. The van der Waals surface area contributed by atoms with Gasteiger partial charge in [0.25, 0.3) is 0 Å². The lowest BCUT2D eigenvalue weighted by Crippen LogP contribution is -2.50. The highest BCUT2D eigenvalue weighted by molar-refractivity contribution is 14.1. The Morgan fingerprint density at radius 1 is 1.23 bits per heavy atom. The molecule has 0 aromatic heterocycles. The minimum atomic E-state index is -0.439. The normalized spacial score (nSPS) is 15.9. The average molecular weight is 434 g/mol. The van der Waals surface area contributed by atoms with Gasteiger partial charge in [-0.2, -0.15) is 12.6 Å². The van der Waals surface area contributed by atoms with Crippen LogP contribution in [0.5, 0.6) is 0 Å². The van der Waals surface area contributed by atoms with Crippen molar-refractivity contribution in [1.82, 2.24) is 4.90 Å². The molecule has 0 bridgehead atoms. The van der Waals surface area contributed by atoms with Gasteiger partial charge < -0.3 is 14.5 Å². The van der Waals surface area contributed by atoms with Crippen LogP contribution in [0, 0.1) is 3.57 Å². The summed E-state index contributed by atoms with van der Waals surface area (Å²) in [5, 5.41) is 0. The van der Waals surface area contributed by atoms with Gasteiger partial charge in [0.2, 0.25) is 0 Å². The zero-order chi connectivity index (χ0) is 16.3. The highest BCUT2D eigenvalue weighted by atomic mass is 127. The van der Waals surface area contributed by atoms with Gasteiger partial charge in [0.1, 0.15) is 5.60 Å². The number of hydrogen-bond acceptors (Lipinski definition) is 4. The molecule has 0 aliphatic carbocycles. The lowest BCUT2D eigenvalue weighted by atomic mass is 10.2. The summed E-state index contributed by atoms with van der Waals surface area (Å²) in [7, 11) is 0. The Labute approximate surface area is 151 Å². The Hall–Kier alpha value is -0.630. The van der Waals surface area contributed by atoms with E-state index in [1.54, 1.807) is 4.90 Å². The molecule has 1 aliphatic heterocycles. The third-order valence-corrected chi connectivity index (χ3v) is 4.41. The summed E-state index contributed by atoms with van der Waals surface area (Å²) in [6.45, 7) is 8.72. The van der Waals surface area contributed by atoms with E-state index in [1.165, 1.54) is 14.8 Å². The predicted octanol–water partition coefficient (Wildman–Crippen LogP) is 3.78. The molecule has 0 radical (unpaired) electrons. The van der Waals surface area contributed by atoms with Crippen LogP contribution in [0.1, 0.15) is 26.3 Å². The Morgan fingerprint density at radius 3 is 2.41 bits per heavy atom. The molecule has 1 fully saturated rings. The Morgan fingerprint density at radius 2 is 1.86 bits per heavy atom. The number of rotatable bonds is 2. The molecular weight excluding hydrogens is 411 g/mol. The van der Waals surface area contributed by atoms with Crippen molar-refractivity contribution in [1.29, 1.82) is 0 Å². The van der Waals surface area contributed by atoms with Gasteiger partial charge in [0.05, 0.1) is 0 Å². The van der Waals surface area contributed by atoms with Crippen LogP contribution in [0.15, 0.2) is 18.2 Å². The molecule has 0 saturated carbocycles. The number of thiol groups is 1. The number of benzene rings is 1. The van der Waals surface area contributed by atoms with Crippen molar-refractivity contribution in [2.45, 2.75) is 32.1 Å². The van der Waals surface area contributed by atoms with E-state index in [-0.39, 0.29) is 6.09 Å². The molecule has 6 heteroatoms. The first-order valence-electron chi connectivity index (χ1n) is 7.42. The van der Waals surface area contributed by atoms with Gasteiger partial charge in [-0.25, -0.2) is 4.79 Å². The Balaban J connectivity index is 1.97. The topological polar surface area (TPSA) is 32.8 Å². The second-order valence-electron chi connectivity index (χ2n) is 6.43. The van der Waals surface area contributed by atoms with Crippen LogP contribution in [-0.2, 0) is 10.5 Å². The zero-order valence-corrected chi connectivity index (χ0v) is 16.4. The van der Waals surface area contributed by atoms with E-state index in [0.717, 1.165) is 18.8 Å². The monoisotopic (exact) mass is 434 g/mol. The second kappa shape index (κ2) is 7.29. The number of ether oxygens (including phenoxy) is 1. The molecule has 1 aromatic carbocycles. The molecule has 122 valence electrons. The van der Waals surface area contributed by atoms with Crippen LogP contribution in [-0.4, -0.2) is 42.8 Å². The molecule has 0 atom stereocenters. The first-order chi connectivity index (χ1) is 10.3. The number of halogens is 1. The lowest BCUT2D eigenvalue weighted by molar-refractivity contribution is 0.0240.